The first-order valence-electron chi connectivity index (χ1n) is 7.69. The van der Waals surface area contributed by atoms with E-state index in [2.05, 4.69) is 17.2 Å². The van der Waals surface area contributed by atoms with Crippen molar-refractivity contribution in [2.45, 2.75) is 26.7 Å². The standard InChI is InChI=1S/C17H19N3O2S/c1-3-12-4-6-14(7-5-12)20-9-13(8-15(20)21)16(22)19-17-18-11(2)10-23-17/h4-7,10,13H,3,8-9H2,1-2H3,(H,18,19,22)/t13-/m0/s1. The number of carbonyl (C=O) groups excluding carboxylic acids is 2. The van der Waals surface area contributed by atoms with E-state index < -0.39 is 0 Å². The molecule has 1 aromatic carbocycles. The average Bonchev–Trinajstić information content (AvgIpc) is 3.13. The SMILES string of the molecule is CCc1ccc(N2C[C@@H](C(=O)Nc3nc(C)cs3)CC2=O)cc1. The van der Waals surface area contributed by atoms with Crippen molar-refractivity contribution >= 4 is 34.0 Å². The Hall–Kier alpha value is -2.21. The minimum absolute atomic E-state index is 0.00952. The molecule has 0 spiro atoms. The third-order valence-corrected chi connectivity index (χ3v) is 4.88. The predicted octanol–water partition coefficient (Wildman–Crippen LogP) is 3.01. The lowest BCUT2D eigenvalue weighted by atomic mass is 10.1. The molecule has 0 unspecified atom stereocenters. The summed E-state index contributed by atoms with van der Waals surface area (Å²) in [6, 6.07) is 7.94. The lowest BCUT2D eigenvalue weighted by molar-refractivity contribution is -0.122. The Balaban J connectivity index is 1.67. The number of hydrogen-bond acceptors (Lipinski definition) is 4. The average molecular weight is 329 g/mol. The molecule has 23 heavy (non-hydrogen) atoms. The highest BCUT2D eigenvalue weighted by Crippen LogP contribution is 2.27. The Morgan fingerprint density at radius 2 is 2.13 bits per heavy atom. The zero-order valence-electron chi connectivity index (χ0n) is 13.2. The summed E-state index contributed by atoms with van der Waals surface area (Å²) in [5.74, 6) is -0.484. The van der Waals surface area contributed by atoms with Crippen molar-refractivity contribution in [2.24, 2.45) is 5.92 Å². The molecule has 1 N–H and O–H groups in total. The van der Waals surface area contributed by atoms with E-state index in [0.29, 0.717) is 11.7 Å². The van der Waals surface area contributed by atoms with E-state index in [1.165, 1.54) is 16.9 Å². The second kappa shape index (κ2) is 6.50. The highest BCUT2D eigenvalue weighted by molar-refractivity contribution is 7.13. The number of hydrogen-bond donors (Lipinski definition) is 1. The number of thiazole rings is 1. The summed E-state index contributed by atoms with van der Waals surface area (Å²) < 4.78 is 0. The maximum absolute atomic E-state index is 12.3. The van der Waals surface area contributed by atoms with Crippen LogP contribution in [0.15, 0.2) is 29.6 Å². The van der Waals surface area contributed by atoms with E-state index in [0.717, 1.165) is 17.8 Å². The first-order chi connectivity index (χ1) is 11.1. The molecule has 1 fully saturated rings. The summed E-state index contributed by atoms with van der Waals surface area (Å²) in [4.78, 5) is 30.5. The molecular formula is C17H19N3O2S. The number of nitrogens with zero attached hydrogens (tertiary/aromatic N) is 2. The van der Waals surface area contributed by atoms with Crippen LogP contribution in [0.5, 0.6) is 0 Å². The lowest BCUT2D eigenvalue weighted by Crippen LogP contribution is -2.28. The van der Waals surface area contributed by atoms with E-state index in [4.69, 9.17) is 0 Å². The summed E-state index contributed by atoms with van der Waals surface area (Å²) in [6.07, 6.45) is 1.21. The number of anilines is 2. The first-order valence-corrected chi connectivity index (χ1v) is 8.57. The predicted molar refractivity (Wildman–Crippen MR) is 91.8 cm³/mol. The Kier molecular flexibility index (Phi) is 4.43. The number of aromatic nitrogens is 1. The first kappa shape index (κ1) is 15.7. The maximum Gasteiger partial charge on any atom is 0.231 e. The Labute approximate surface area is 139 Å². The number of amides is 2. The fourth-order valence-corrected chi connectivity index (χ4v) is 3.35. The van der Waals surface area contributed by atoms with Gasteiger partial charge in [-0.25, -0.2) is 4.98 Å². The number of benzene rings is 1. The molecular weight excluding hydrogens is 310 g/mol. The monoisotopic (exact) mass is 329 g/mol. The van der Waals surface area contributed by atoms with Gasteiger partial charge in [-0.15, -0.1) is 11.3 Å². The molecule has 0 saturated carbocycles. The molecule has 1 aliphatic rings. The second-order valence-corrected chi connectivity index (χ2v) is 6.57. The molecule has 5 nitrogen and oxygen atoms in total. The van der Waals surface area contributed by atoms with E-state index in [-0.39, 0.29) is 24.2 Å². The van der Waals surface area contributed by atoms with Gasteiger partial charge in [-0.05, 0) is 31.0 Å². The number of carbonyl (C=O) groups is 2. The molecule has 1 aliphatic heterocycles. The van der Waals surface area contributed by atoms with Crippen LogP contribution in [0, 0.1) is 12.8 Å². The van der Waals surface area contributed by atoms with E-state index in [1.807, 2.05) is 36.6 Å². The minimum Gasteiger partial charge on any atom is -0.312 e. The summed E-state index contributed by atoms with van der Waals surface area (Å²) in [5, 5.41) is 5.28. The van der Waals surface area contributed by atoms with Crippen LogP contribution in [0.4, 0.5) is 10.8 Å². The van der Waals surface area contributed by atoms with Crippen molar-refractivity contribution in [1.29, 1.82) is 0 Å². The number of aryl methyl sites for hydroxylation is 2. The van der Waals surface area contributed by atoms with Gasteiger partial charge in [-0.3, -0.25) is 9.59 Å². The molecule has 1 atom stereocenters. The van der Waals surface area contributed by atoms with Crippen molar-refractivity contribution in [3.8, 4) is 0 Å². The molecule has 1 aromatic heterocycles. The van der Waals surface area contributed by atoms with Crippen LogP contribution in [0.3, 0.4) is 0 Å². The smallest absolute Gasteiger partial charge is 0.231 e. The van der Waals surface area contributed by atoms with Crippen molar-refractivity contribution in [3.05, 3.63) is 40.9 Å². The van der Waals surface area contributed by atoms with Gasteiger partial charge in [0.1, 0.15) is 0 Å². The van der Waals surface area contributed by atoms with Crippen LogP contribution in [-0.4, -0.2) is 23.3 Å². The second-order valence-electron chi connectivity index (χ2n) is 5.71. The molecule has 6 heteroatoms. The Morgan fingerprint density at radius 1 is 1.39 bits per heavy atom. The van der Waals surface area contributed by atoms with Crippen LogP contribution >= 0.6 is 11.3 Å². The Bertz CT molecular complexity index is 724. The van der Waals surface area contributed by atoms with E-state index in [9.17, 15) is 9.59 Å². The zero-order chi connectivity index (χ0) is 16.4. The van der Waals surface area contributed by atoms with Gasteiger partial charge >= 0.3 is 0 Å². The Morgan fingerprint density at radius 3 is 2.74 bits per heavy atom. The van der Waals surface area contributed by atoms with Crippen LogP contribution in [0.1, 0.15) is 24.6 Å². The normalized spacial score (nSPS) is 17.6. The molecule has 0 aliphatic carbocycles. The maximum atomic E-state index is 12.3. The summed E-state index contributed by atoms with van der Waals surface area (Å²) in [6.45, 7) is 4.39. The van der Waals surface area contributed by atoms with Crippen molar-refractivity contribution in [1.82, 2.24) is 4.98 Å². The lowest BCUT2D eigenvalue weighted by Gasteiger charge is -2.17. The van der Waals surface area contributed by atoms with Crippen molar-refractivity contribution in [2.75, 3.05) is 16.8 Å². The molecule has 3 rings (SSSR count). The molecule has 2 aromatic rings. The van der Waals surface area contributed by atoms with Crippen LogP contribution in [-0.2, 0) is 16.0 Å². The van der Waals surface area contributed by atoms with Crippen molar-refractivity contribution < 1.29 is 9.59 Å². The van der Waals surface area contributed by atoms with Gasteiger partial charge in [0.25, 0.3) is 0 Å². The van der Waals surface area contributed by atoms with E-state index in [1.54, 1.807) is 4.90 Å². The van der Waals surface area contributed by atoms with Gasteiger partial charge in [0, 0.05) is 24.0 Å². The van der Waals surface area contributed by atoms with Gasteiger partial charge in [-0.1, -0.05) is 19.1 Å². The van der Waals surface area contributed by atoms with Gasteiger partial charge in [0.2, 0.25) is 11.8 Å². The molecule has 120 valence electrons. The largest absolute Gasteiger partial charge is 0.312 e. The third-order valence-electron chi connectivity index (χ3n) is 4.00. The molecule has 2 amide bonds. The van der Waals surface area contributed by atoms with Gasteiger partial charge in [0.15, 0.2) is 5.13 Å². The van der Waals surface area contributed by atoms with Gasteiger partial charge < -0.3 is 10.2 Å². The number of nitrogens with one attached hydrogen (secondary N) is 1. The summed E-state index contributed by atoms with van der Waals surface area (Å²) >= 11 is 1.40. The van der Waals surface area contributed by atoms with Crippen LogP contribution in [0.25, 0.3) is 0 Å². The minimum atomic E-state index is -0.336. The van der Waals surface area contributed by atoms with Gasteiger partial charge in [-0.2, -0.15) is 0 Å². The highest BCUT2D eigenvalue weighted by Gasteiger charge is 2.35. The zero-order valence-corrected chi connectivity index (χ0v) is 14.0. The van der Waals surface area contributed by atoms with Gasteiger partial charge in [0.05, 0.1) is 11.6 Å². The molecule has 2 heterocycles. The summed E-state index contributed by atoms with van der Waals surface area (Å²) in [7, 11) is 0. The fourth-order valence-electron chi connectivity index (χ4n) is 2.66. The molecule has 0 bridgehead atoms. The number of rotatable bonds is 4. The quantitative estimate of drug-likeness (QED) is 0.938. The topological polar surface area (TPSA) is 62.3 Å². The highest BCUT2D eigenvalue weighted by atomic mass is 32.1. The molecule has 0 radical (unpaired) electrons. The van der Waals surface area contributed by atoms with Crippen LogP contribution in [0.2, 0.25) is 0 Å². The summed E-state index contributed by atoms with van der Waals surface area (Å²) in [5.41, 5.74) is 2.96. The van der Waals surface area contributed by atoms with Crippen molar-refractivity contribution in [3.63, 3.8) is 0 Å². The van der Waals surface area contributed by atoms with E-state index >= 15 is 0 Å². The fraction of sp³-hybridized carbons (Fsp3) is 0.353. The third kappa shape index (κ3) is 3.42. The molecule has 1 saturated heterocycles. The van der Waals surface area contributed by atoms with Crippen LogP contribution < -0.4 is 10.2 Å².